The Kier molecular flexibility index (Phi) is 4.21. The van der Waals surface area contributed by atoms with Crippen LogP contribution in [0.15, 0.2) is 29.0 Å². The molecule has 0 saturated carbocycles. The van der Waals surface area contributed by atoms with E-state index in [9.17, 15) is 4.39 Å². The summed E-state index contributed by atoms with van der Waals surface area (Å²) in [6.07, 6.45) is 4.07. The highest BCUT2D eigenvalue weighted by Crippen LogP contribution is 2.24. The summed E-state index contributed by atoms with van der Waals surface area (Å²) in [6, 6.07) is 3.18. The lowest BCUT2D eigenvalue weighted by Gasteiger charge is -2.08. The zero-order valence-corrected chi connectivity index (χ0v) is 13.3. The van der Waals surface area contributed by atoms with E-state index in [0.29, 0.717) is 35.4 Å². The molecule has 5 nitrogen and oxygen atoms in total. The first kappa shape index (κ1) is 14.5. The second-order valence-corrected chi connectivity index (χ2v) is 5.77. The van der Waals surface area contributed by atoms with Crippen LogP contribution >= 0.6 is 27.5 Å². The average molecular weight is 373 g/mol. The molecule has 1 aromatic carbocycles. The van der Waals surface area contributed by atoms with Crippen molar-refractivity contribution in [3.8, 4) is 0 Å². The van der Waals surface area contributed by atoms with Crippen molar-refractivity contribution in [2.75, 3.05) is 5.88 Å². The van der Waals surface area contributed by atoms with E-state index in [2.05, 4.69) is 31.2 Å². The third-order valence-electron chi connectivity index (χ3n) is 3.21. The van der Waals surface area contributed by atoms with Crippen LogP contribution in [0.5, 0.6) is 0 Å². The summed E-state index contributed by atoms with van der Waals surface area (Å²) in [6.45, 7) is 1.33. The Morgan fingerprint density at radius 2 is 2.14 bits per heavy atom. The molecule has 0 fully saturated rings. The Bertz CT molecular complexity index is 756. The van der Waals surface area contributed by atoms with Gasteiger partial charge in [-0.2, -0.15) is 0 Å². The third kappa shape index (κ3) is 2.94. The van der Waals surface area contributed by atoms with Crippen LogP contribution in [0.25, 0.3) is 11.0 Å². The van der Waals surface area contributed by atoms with Gasteiger partial charge < -0.3 is 4.57 Å². The average Bonchev–Trinajstić information content (AvgIpc) is 3.06. The van der Waals surface area contributed by atoms with E-state index in [0.717, 1.165) is 11.3 Å². The monoisotopic (exact) mass is 371 g/mol. The molecule has 2 aromatic heterocycles. The summed E-state index contributed by atoms with van der Waals surface area (Å²) in [5, 5.41) is 7.72. The molecule has 0 bridgehead atoms. The van der Waals surface area contributed by atoms with Gasteiger partial charge in [-0.25, -0.2) is 9.37 Å². The first-order chi connectivity index (χ1) is 10.2. The fourth-order valence-electron chi connectivity index (χ4n) is 2.25. The zero-order chi connectivity index (χ0) is 14.8. The van der Waals surface area contributed by atoms with Crippen molar-refractivity contribution in [3.63, 3.8) is 0 Å². The van der Waals surface area contributed by atoms with Crippen molar-refractivity contribution in [2.45, 2.75) is 19.5 Å². The Hall–Kier alpha value is -1.47. The lowest BCUT2D eigenvalue weighted by atomic mass is 10.3. The molecule has 0 aliphatic rings. The number of benzene rings is 1. The van der Waals surface area contributed by atoms with Crippen molar-refractivity contribution >= 4 is 38.6 Å². The largest absolute Gasteiger partial charge is 0.326 e. The number of rotatable bonds is 5. The maximum absolute atomic E-state index is 13.6. The van der Waals surface area contributed by atoms with Crippen molar-refractivity contribution in [1.29, 1.82) is 0 Å². The van der Waals surface area contributed by atoms with Gasteiger partial charge in [0.2, 0.25) is 0 Å². The molecule has 0 aliphatic carbocycles. The zero-order valence-electron chi connectivity index (χ0n) is 11.0. The van der Waals surface area contributed by atoms with Crippen LogP contribution in [-0.4, -0.2) is 30.4 Å². The first-order valence-electron chi connectivity index (χ1n) is 6.43. The second-order valence-electron chi connectivity index (χ2n) is 4.54. The van der Waals surface area contributed by atoms with Gasteiger partial charge in [-0.3, -0.25) is 4.68 Å². The van der Waals surface area contributed by atoms with Gasteiger partial charge in [-0.1, -0.05) is 5.21 Å². The van der Waals surface area contributed by atoms with Crippen molar-refractivity contribution < 1.29 is 4.39 Å². The number of hydrogen-bond donors (Lipinski definition) is 0. The summed E-state index contributed by atoms with van der Waals surface area (Å²) < 4.78 is 17.9. The van der Waals surface area contributed by atoms with Crippen LogP contribution in [0.1, 0.15) is 5.82 Å². The van der Waals surface area contributed by atoms with Crippen LogP contribution in [0, 0.1) is 5.82 Å². The van der Waals surface area contributed by atoms with Crippen LogP contribution in [0.3, 0.4) is 0 Å². The number of imidazole rings is 1. The Balaban J connectivity index is 2.00. The Morgan fingerprint density at radius 1 is 1.29 bits per heavy atom. The topological polar surface area (TPSA) is 48.5 Å². The van der Waals surface area contributed by atoms with Crippen molar-refractivity contribution in [1.82, 2.24) is 24.5 Å². The highest BCUT2D eigenvalue weighted by molar-refractivity contribution is 9.10. The number of hydrogen-bond acceptors (Lipinski definition) is 3. The van der Waals surface area contributed by atoms with Gasteiger partial charge in [0.05, 0.1) is 28.2 Å². The van der Waals surface area contributed by atoms with Gasteiger partial charge in [-0.15, -0.1) is 16.7 Å². The van der Waals surface area contributed by atoms with E-state index >= 15 is 0 Å². The predicted molar refractivity (Wildman–Crippen MR) is 81.8 cm³/mol. The number of halogens is 3. The van der Waals surface area contributed by atoms with Crippen LogP contribution in [0.4, 0.5) is 4.39 Å². The minimum atomic E-state index is -0.319. The Morgan fingerprint density at radius 3 is 2.86 bits per heavy atom. The number of nitrogens with zero attached hydrogens (tertiary/aromatic N) is 5. The van der Waals surface area contributed by atoms with Crippen LogP contribution < -0.4 is 0 Å². The van der Waals surface area contributed by atoms with Crippen molar-refractivity contribution in [2.24, 2.45) is 0 Å². The molecule has 3 aromatic rings. The molecule has 0 N–H and O–H groups in total. The normalized spacial score (nSPS) is 11.4. The number of aryl methyl sites for hydroxylation is 3. The molecule has 0 saturated heterocycles. The van der Waals surface area contributed by atoms with E-state index < -0.39 is 0 Å². The standard InChI is InChI=1S/C13H12BrClFN5/c14-9-7-12-11(8-10(9)16)18-13(1-2-15)21(12)6-5-20-4-3-17-19-20/h3-4,7-8H,1-2,5-6H2. The lowest BCUT2D eigenvalue weighted by Crippen LogP contribution is -2.11. The van der Waals surface area contributed by atoms with E-state index in [4.69, 9.17) is 11.6 Å². The second kappa shape index (κ2) is 6.11. The Labute approximate surface area is 133 Å². The maximum Gasteiger partial charge on any atom is 0.139 e. The summed E-state index contributed by atoms with van der Waals surface area (Å²) in [5.41, 5.74) is 1.51. The fraction of sp³-hybridized carbons (Fsp3) is 0.308. The molecule has 0 aliphatic heterocycles. The quantitative estimate of drug-likeness (QED) is 0.647. The predicted octanol–water partition coefficient (Wildman–Crippen LogP) is 3.01. The van der Waals surface area contributed by atoms with Gasteiger partial charge >= 0.3 is 0 Å². The van der Waals surface area contributed by atoms with Crippen LogP contribution in [0.2, 0.25) is 0 Å². The minimum Gasteiger partial charge on any atom is -0.326 e. The fourth-order valence-corrected chi connectivity index (χ4v) is 2.75. The summed E-state index contributed by atoms with van der Waals surface area (Å²) in [5.74, 6) is 0.995. The molecule has 8 heteroatoms. The molecule has 0 radical (unpaired) electrons. The highest BCUT2D eigenvalue weighted by atomic mass is 79.9. The molecular weight excluding hydrogens is 361 g/mol. The van der Waals surface area contributed by atoms with Gasteiger partial charge in [0.1, 0.15) is 11.6 Å². The molecule has 0 atom stereocenters. The molecule has 0 amide bonds. The molecule has 110 valence electrons. The van der Waals surface area contributed by atoms with Gasteiger partial charge in [-0.05, 0) is 22.0 Å². The lowest BCUT2D eigenvalue weighted by molar-refractivity contribution is 0.516. The highest BCUT2D eigenvalue weighted by Gasteiger charge is 2.13. The van der Waals surface area contributed by atoms with E-state index in [1.807, 2.05) is 4.57 Å². The number of alkyl halides is 1. The molecular formula is C13H12BrClFN5. The summed E-state index contributed by atoms with van der Waals surface area (Å²) >= 11 is 9.05. The molecule has 3 rings (SSSR count). The van der Waals surface area contributed by atoms with Crippen molar-refractivity contribution in [3.05, 3.63) is 40.6 Å². The summed E-state index contributed by atoms with van der Waals surface area (Å²) in [4.78, 5) is 4.48. The number of aromatic nitrogens is 5. The summed E-state index contributed by atoms with van der Waals surface area (Å²) in [7, 11) is 0. The number of fused-ring (bicyclic) bond motifs is 1. The van der Waals surface area contributed by atoms with E-state index in [1.165, 1.54) is 6.07 Å². The molecule has 2 heterocycles. The molecule has 0 spiro atoms. The smallest absolute Gasteiger partial charge is 0.139 e. The third-order valence-corrected chi connectivity index (χ3v) is 4.01. The van der Waals surface area contributed by atoms with Crippen LogP contribution in [-0.2, 0) is 19.5 Å². The van der Waals surface area contributed by atoms with Gasteiger partial charge in [0, 0.05) is 31.1 Å². The van der Waals surface area contributed by atoms with E-state index in [1.54, 1.807) is 23.1 Å². The minimum absolute atomic E-state index is 0.319. The first-order valence-corrected chi connectivity index (χ1v) is 7.76. The SMILES string of the molecule is Fc1cc2nc(CCCl)n(CCn3ccnn3)c2cc1Br. The maximum atomic E-state index is 13.6. The van der Waals surface area contributed by atoms with E-state index in [-0.39, 0.29) is 5.82 Å². The molecule has 0 unspecified atom stereocenters. The van der Waals surface area contributed by atoms with Gasteiger partial charge in [0.15, 0.2) is 0 Å². The molecule has 21 heavy (non-hydrogen) atoms. The van der Waals surface area contributed by atoms with Gasteiger partial charge in [0.25, 0.3) is 0 Å².